The van der Waals surface area contributed by atoms with Gasteiger partial charge in [-0.05, 0) is 80.5 Å². The summed E-state index contributed by atoms with van der Waals surface area (Å²) >= 11 is 0. The Morgan fingerprint density at radius 3 is 2.47 bits per heavy atom. The van der Waals surface area contributed by atoms with E-state index >= 15 is 0 Å². The van der Waals surface area contributed by atoms with Crippen LogP contribution >= 0.6 is 0 Å². The third-order valence-corrected chi connectivity index (χ3v) is 8.35. The maximum atomic E-state index is 12.9. The van der Waals surface area contributed by atoms with Crippen molar-refractivity contribution in [3.05, 3.63) is 52.8 Å². The van der Waals surface area contributed by atoms with Gasteiger partial charge in [0.1, 0.15) is 5.82 Å². The number of aromatic amines is 1. The molecule has 2 aliphatic carbocycles. The van der Waals surface area contributed by atoms with Crippen LogP contribution in [0.3, 0.4) is 0 Å². The molecule has 1 fully saturated rings. The van der Waals surface area contributed by atoms with E-state index in [4.69, 9.17) is 10.7 Å². The molecule has 38 heavy (non-hydrogen) atoms. The zero-order chi connectivity index (χ0) is 26.9. The van der Waals surface area contributed by atoms with Crippen LogP contribution in [0.25, 0.3) is 11.3 Å². The molecule has 3 aromatic rings. The van der Waals surface area contributed by atoms with E-state index in [0.717, 1.165) is 79.7 Å². The maximum Gasteiger partial charge on any atom is 0.416 e. The number of benzene rings is 1. The van der Waals surface area contributed by atoms with Gasteiger partial charge in [0.2, 0.25) is 5.95 Å². The Balaban J connectivity index is 1.10. The van der Waals surface area contributed by atoms with Gasteiger partial charge in [-0.2, -0.15) is 23.3 Å². The number of halogens is 3. The molecule has 2 atom stereocenters. The number of rotatable bonds is 7. The number of hydrogen-bond acceptors (Lipinski definition) is 6. The van der Waals surface area contributed by atoms with Crippen molar-refractivity contribution >= 4 is 11.8 Å². The highest BCUT2D eigenvalue weighted by molar-refractivity contribution is 5.63. The highest BCUT2D eigenvalue weighted by Crippen LogP contribution is 2.38. The van der Waals surface area contributed by atoms with Crippen molar-refractivity contribution in [2.75, 3.05) is 17.6 Å². The van der Waals surface area contributed by atoms with E-state index < -0.39 is 11.7 Å². The molecule has 0 radical (unpaired) electrons. The average Bonchev–Trinajstić information content (AvgIpc) is 3.35. The predicted octanol–water partition coefficient (Wildman–Crippen LogP) is 5.91. The van der Waals surface area contributed by atoms with E-state index in [1.165, 1.54) is 12.1 Å². The molecule has 0 saturated heterocycles. The monoisotopic (exact) mass is 527 g/mol. The van der Waals surface area contributed by atoms with Crippen molar-refractivity contribution in [1.82, 2.24) is 25.5 Å². The molecule has 0 amide bonds. The number of nitrogens with zero attached hydrogens (tertiary/aromatic N) is 3. The van der Waals surface area contributed by atoms with Crippen LogP contribution in [-0.2, 0) is 19.1 Å². The lowest BCUT2D eigenvalue weighted by atomic mass is 9.79. The van der Waals surface area contributed by atoms with E-state index in [1.807, 2.05) is 0 Å². The van der Waals surface area contributed by atoms with Gasteiger partial charge < -0.3 is 16.4 Å². The van der Waals surface area contributed by atoms with Gasteiger partial charge >= 0.3 is 6.18 Å². The summed E-state index contributed by atoms with van der Waals surface area (Å²) in [7, 11) is 0. The lowest BCUT2D eigenvalue weighted by Crippen LogP contribution is -2.32. The average molecular weight is 528 g/mol. The van der Waals surface area contributed by atoms with Gasteiger partial charge in [0, 0.05) is 23.7 Å². The molecule has 0 unspecified atom stereocenters. The topological polar surface area (TPSA) is 105 Å². The standard InChI is InChI=1S/C28H36F3N7/c1-16-3-12-23-24(17(16)2)26(32)37-27(36-23)35-22-10-4-18(5-11-22)13-33-14-20-15-34-38-25(20)19-6-8-21(9-7-19)28(29,30)31/h6-9,15-18,22,33H,3-5,10-14H2,1-2H3,(H,34,38)(H3,32,35,36,37)/t16-,17-,18?,22?/m1/s1. The fourth-order valence-electron chi connectivity index (χ4n) is 5.81. The van der Waals surface area contributed by atoms with Crippen molar-refractivity contribution < 1.29 is 13.2 Å². The molecule has 0 spiro atoms. The fraction of sp³-hybridized carbons (Fsp3) is 0.536. The van der Waals surface area contributed by atoms with Crippen LogP contribution in [0.5, 0.6) is 0 Å². The molecule has 2 aliphatic rings. The molecule has 1 saturated carbocycles. The summed E-state index contributed by atoms with van der Waals surface area (Å²) in [5.74, 6) is 2.82. The number of fused-ring (bicyclic) bond motifs is 1. The molecule has 0 bridgehead atoms. The van der Waals surface area contributed by atoms with Gasteiger partial charge in [-0.1, -0.05) is 26.0 Å². The molecular weight excluding hydrogens is 491 g/mol. The molecule has 2 aromatic heterocycles. The Morgan fingerprint density at radius 1 is 1.03 bits per heavy atom. The highest BCUT2D eigenvalue weighted by Gasteiger charge is 2.30. The number of aromatic nitrogens is 4. The molecule has 5 rings (SSSR count). The summed E-state index contributed by atoms with van der Waals surface area (Å²) in [6.45, 7) is 5.96. The molecule has 1 aromatic carbocycles. The molecular formula is C28H36F3N7. The minimum absolute atomic E-state index is 0.337. The number of aryl methyl sites for hydroxylation is 1. The second-order valence-electron chi connectivity index (χ2n) is 10.9. The van der Waals surface area contributed by atoms with Gasteiger partial charge in [-0.3, -0.25) is 5.10 Å². The first-order valence-corrected chi connectivity index (χ1v) is 13.5. The van der Waals surface area contributed by atoms with Gasteiger partial charge in [-0.15, -0.1) is 0 Å². The summed E-state index contributed by atoms with van der Waals surface area (Å²) in [6.07, 6.45) is 3.75. The van der Waals surface area contributed by atoms with Gasteiger partial charge in [0.25, 0.3) is 0 Å². The minimum Gasteiger partial charge on any atom is -0.383 e. The van der Waals surface area contributed by atoms with Crippen LogP contribution in [0.15, 0.2) is 30.5 Å². The number of nitrogens with two attached hydrogens (primary N) is 1. The number of hydrogen-bond donors (Lipinski definition) is 4. The zero-order valence-corrected chi connectivity index (χ0v) is 21.9. The highest BCUT2D eigenvalue weighted by atomic mass is 19.4. The number of alkyl halides is 3. The minimum atomic E-state index is -4.34. The first kappa shape index (κ1) is 26.5. The Hall–Kier alpha value is -3.14. The van der Waals surface area contributed by atoms with Crippen LogP contribution in [0.4, 0.5) is 24.9 Å². The van der Waals surface area contributed by atoms with E-state index in [1.54, 1.807) is 6.20 Å². The van der Waals surface area contributed by atoms with Crippen LogP contribution < -0.4 is 16.4 Å². The summed E-state index contributed by atoms with van der Waals surface area (Å²) in [6, 6.07) is 5.50. The normalized spacial score (nSPS) is 23.7. The Labute approximate surface area is 221 Å². The quantitative estimate of drug-likeness (QED) is 0.304. The largest absolute Gasteiger partial charge is 0.416 e. The fourth-order valence-corrected chi connectivity index (χ4v) is 5.81. The van der Waals surface area contributed by atoms with Crippen LogP contribution in [0, 0.1) is 11.8 Å². The third-order valence-electron chi connectivity index (χ3n) is 8.35. The van der Waals surface area contributed by atoms with Crippen LogP contribution in [0.2, 0.25) is 0 Å². The van der Waals surface area contributed by atoms with Gasteiger partial charge in [0.05, 0.1) is 23.1 Å². The number of nitrogens with one attached hydrogen (secondary N) is 3. The smallest absolute Gasteiger partial charge is 0.383 e. The Bertz CT molecular complexity index is 1230. The Morgan fingerprint density at radius 2 is 1.76 bits per heavy atom. The van der Waals surface area contributed by atoms with Crippen molar-refractivity contribution in [2.24, 2.45) is 11.8 Å². The lowest BCUT2D eigenvalue weighted by molar-refractivity contribution is -0.137. The van der Waals surface area contributed by atoms with Gasteiger partial charge in [0.15, 0.2) is 0 Å². The van der Waals surface area contributed by atoms with E-state index in [0.29, 0.717) is 47.7 Å². The van der Waals surface area contributed by atoms with Crippen LogP contribution in [-0.4, -0.2) is 32.8 Å². The molecule has 2 heterocycles. The first-order chi connectivity index (χ1) is 18.2. The van der Waals surface area contributed by atoms with Crippen molar-refractivity contribution in [1.29, 1.82) is 0 Å². The molecule has 5 N–H and O–H groups in total. The van der Waals surface area contributed by atoms with Crippen molar-refractivity contribution in [2.45, 2.75) is 77.1 Å². The first-order valence-electron chi connectivity index (χ1n) is 13.5. The van der Waals surface area contributed by atoms with Crippen molar-refractivity contribution in [3.8, 4) is 11.3 Å². The molecule has 10 heteroatoms. The third kappa shape index (κ3) is 5.80. The number of anilines is 2. The van der Waals surface area contributed by atoms with Gasteiger partial charge in [-0.25, -0.2) is 4.98 Å². The van der Waals surface area contributed by atoms with E-state index in [-0.39, 0.29) is 0 Å². The summed E-state index contributed by atoms with van der Waals surface area (Å²) in [5, 5.41) is 14.1. The SMILES string of the molecule is C[C@@H]1CCc2nc(NC3CCC(CNCc4cn[nH]c4-c4ccc(C(F)(F)F)cc4)CC3)nc(N)c2[C@@H]1C. The Kier molecular flexibility index (Phi) is 7.61. The summed E-state index contributed by atoms with van der Waals surface area (Å²) in [4.78, 5) is 9.41. The number of nitrogen functional groups attached to an aromatic ring is 1. The number of H-pyrrole nitrogens is 1. The van der Waals surface area contributed by atoms with Crippen LogP contribution in [0.1, 0.15) is 74.3 Å². The maximum absolute atomic E-state index is 12.9. The zero-order valence-electron chi connectivity index (χ0n) is 21.9. The molecule has 204 valence electrons. The summed E-state index contributed by atoms with van der Waals surface area (Å²) < 4.78 is 38.6. The molecule has 0 aliphatic heterocycles. The van der Waals surface area contributed by atoms with E-state index in [9.17, 15) is 13.2 Å². The molecule has 7 nitrogen and oxygen atoms in total. The second kappa shape index (κ2) is 10.9. The predicted molar refractivity (Wildman–Crippen MR) is 142 cm³/mol. The second-order valence-corrected chi connectivity index (χ2v) is 10.9. The van der Waals surface area contributed by atoms with E-state index in [2.05, 4.69) is 39.7 Å². The lowest BCUT2D eigenvalue weighted by Gasteiger charge is -2.31. The summed E-state index contributed by atoms with van der Waals surface area (Å²) in [5.41, 5.74) is 10.3. The van der Waals surface area contributed by atoms with Crippen molar-refractivity contribution in [3.63, 3.8) is 0 Å².